The fourth-order valence-corrected chi connectivity index (χ4v) is 3.55. The number of ketones is 3. The fraction of sp³-hybridized carbons (Fsp3) is 0.286. The molecule has 1 heterocycles. The Morgan fingerprint density at radius 3 is 2.38 bits per heavy atom. The number of nitrogens with zero attached hydrogens (tertiary/aromatic N) is 1. The Balaban J connectivity index is 2.34. The molecule has 1 atom stereocenters. The first-order valence-corrected chi connectivity index (χ1v) is 8.79. The van der Waals surface area contributed by atoms with Gasteiger partial charge in [0.2, 0.25) is 0 Å². The zero-order valence-corrected chi connectivity index (χ0v) is 16.7. The highest BCUT2D eigenvalue weighted by Gasteiger charge is 2.56. The molecule has 0 amide bonds. The van der Waals surface area contributed by atoms with E-state index >= 15 is 0 Å². The zero-order chi connectivity index (χ0) is 21.8. The van der Waals surface area contributed by atoms with Gasteiger partial charge in [-0.15, -0.1) is 0 Å². The molecular weight excluding hydrogens is 378 g/mol. The number of fused-ring (bicyclic) bond motifs is 3. The topological polar surface area (TPSA) is 124 Å². The molecule has 1 aliphatic carbocycles. The predicted molar refractivity (Wildman–Crippen MR) is 103 cm³/mol. The number of carbonyl (C=O) groups excluding carboxylic acids is 3. The first-order valence-electron chi connectivity index (χ1n) is 8.79. The van der Waals surface area contributed by atoms with Crippen molar-refractivity contribution in [1.82, 2.24) is 4.90 Å². The summed E-state index contributed by atoms with van der Waals surface area (Å²) < 4.78 is 5.64. The molecule has 0 fully saturated rings. The van der Waals surface area contributed by atoms with E-state index in [1.165, 1.54) is 33.0 Å². The fourth-order valence-electron chi connectivity index (χ4n) is 3.55. The minimum atomic E-state index is -1.65. The lowest BCUT2D eigenvalue weighted by molar-refractivity contribution is -0.123. The number of aromatic hydroxyl groups is 2. The molecule has 8 heteroatoms. The van der Waals surface area contributed by atoms with Gasteiger partial charge in [0.05, 0.1) is 5.56 Å². The van der Waals surface area contributed by atoms with Crippen LogP contribution in [0, 0.1) is 6.92 Å². The first-order chi connectivity index (χ1) is 13.4. The third kappa shape index (κ3) is 2.71. The van der Waals surface area contributed by atoms with Gasteiger partial charge in [-0.2, -0.15) is 0 Å². The van der Waals surface area contributed by atoms with Crippen molar-refractivity contribution in [2.24, 2.45) is 0 Å². The molecular formula is C21H21NO7. The van der Waals surface area contributed by atoms with Crippen molar-refractivity contribution in [2.75, 3.05) is 14.1 Å². The van der Waals surface area contributed by atoms with Crippen molar-refractivity contribution in [1.29, 1.82) is 0 Å². The number of carbonyl (C=O) groups is 3. The minimum absolute atomic E-state index is 0.00646. The van der Waals surface area contributed by atoms with Crippen molar-refractivity contribution >= 4 is 17.3 Å². The van der Waals surface area contributed by atoms with Crippen LogP contribution in [0.4, 0.5) is 0 Å². The van der Waals surface area contributed by atoms with E-state index < -0.39 is 45.6 Å². The van der Waals surface area contributed by atoms with Crippen LogP contribution in [0.5, 0.6) is 17.2 Å². The van der Waals surface area contributed by atoms with Gasteiger partial charge in [0.15, 0.2) is 17.3 Å². The van der Waals surface area contributed by atoms with Crippen molar-refractivity contribution < 1.29 is 34.4 Å². The molecule has 8 nitrogen and oxygen atoms in total. The molecule has 1 aromatic rings. The summed E-state index contributed by atoms with van der Waals surface area (Å²) in [5.74, 6) is -3.73. The van der Waals surface area contributed by atoms with Crippen molar-refractivity contribution in [3.8, 4) is 17.2 Å². The Bertz CT molecular complexity index is 1080. The van der Waals surface area contributed by atoms with E-state index in [2.05, 4.69) is 0 Å². The van der Waals surface area contributed by atoms with E-state index in [1.54, 1.807) is 19.0 Å². The maximum Gasteiger partial charge on any atom is 0.196 e. The predicted octanol–water partition coefficient (Wildman–Crippen LogP) is 2.18. The van der Waals surface area contributed by atoms with Crippen molar-refractivity contribution in [2.45, 2.75) is 26.2 Å². The number of Topliss-reactive ketones (excluding diaryl/α,β-unsaturated/α-hetero) is 2. The molecule has 0 saturated heterocycles. The molecule has 1 aliphatic heterocycles. The van der Waals surface area contributed by atoms with Gasteiger partial charge >= 0.3 is 0 Å². The minimum Gasteiger partial charge on any atom is -0.507 e. The maximum absolute atomic E-state index is 13.4. The van der Waals surface area contributed by atoms with Gasteiger partial charge in [-0.25, -0.2) is 0 Å². The van der Waals surface area contributed by atoms with Crippen molar-refractivity contribution in [3.63, 3.8) is 0 Å². The summed E-state index contributed by atoms with van der Waals surface area (Å²) in [4.78, 5) is 39.6. The summed E-state index contributed by atoms with van der Waals surface area (Å²) >= 11 is 0. The van der Waals surface area contributed by atoms with Crippen LogP contribution in [-0.4, -0.2) is 51.7 Å². The highest BCUT2D eigenvalue weighted by molar-refractivity contribution is 6.31. The molecule has 0 bridgehead atoms. The third-order valence-corrected chi connectivity index (χ3v) is 5.17. The summed E-state index contributed by atoms with van der Waals surface area (Å²) in [6.45, 7) is 4.04. The third-order valence-electron chi connectivity index (χ3n) is 5.17. The number of ether oxygens (including phenoxy) is 1. The van der Waals surface area contributed by atoms with Gasteiger partial charge in [-0.05, 0) is 26.8 Å². The Hall–Kier alpha value is -3.55. The van der Waals surface area contributed by atoms with Gasteiger partial charge in [-0.3, -0.25) is 14.4 Å². The number of rotatable bonds is 3. The van der Waals surface area contributed by atoms with Crippen LogP contribution in [-0.2, 0) is 15.0 Å². The van der Waals surface area contributed by atoms with E-state index in [9.17, 15) is 29.7 Å². The largest absolute Gasteiger partial charge is 0.507 e. The molecule has 152 valence electrons. The Kier molecular flexibility index (Phi) is 4.53. The van der Waals surface area contributed by atoms with Crippen LogP contribution in [0.15, 0.2) is 35.4 Å². The average Bonchev–Trinajstić information content (AvgIpc) is 2.91. The summed E-state index contributed by atoms with van der Waals surface area (Å²) in [6, 6.07) is 0. The second kappa shape index (κ2) is 6.51. The molecule has 0 aromatic heterocycles. The average molecular weight is 399 g/mol. The highest BCUT2D eigenvalue weighted by atomic mass is 16.5. The van der Waals surface area contributed by atoms with Crippen LogP contribution < -0.4 is 4.74 Å². The Morgan fingerprint density at radius 1 is 1.21 bits per heavy atom. The molecule has 0 saturated carbocycles. The van der Waals surface area contributed by atoms with Gasteiger partial charge in [0.1, 0.15) is 45.3 Å². The number of hydrogen-bond acceptors (Lipinski definition) is 8. The second-order valence-corrected chi connectivity index (χ2v) is 7.43. The number of aliphatic hydroxyl groups excluding tert-OH is 1. The van der Waals surface area contributed by atoms with E-state index in [4.69, 9.17) is 4.74 Å². The summed E-state index contributed by atoms with van der Waals surface area (Å²) in [7, 11) is 3.41. The lowest BCUT2D eigenvalue weighted by Gasteiger charge is -2.28. The molecule has 0 unspecified atom stereocenters. The summed E-state index contributed by atoms with van der Waals surface area (Å²) in [5.41, 5.74) is -2.31. The summed E-state index contributed by atoms with van der Waals surface area (Å²) in [6.07, 6.45) is 3.73. The Morgan fingerprint density at radius 2 is 1.83 bits per heavy atom. The van der Waals surface area contributed by atoms with Gasteiger partial charge < -0.3 is 25.0 Å². The lowest BCUT2D eigenvalue weighted by atomic mass is 9.70. The van der Waals surface area contributed by atoms with Crippen molar-refractivity contribution in [3.05, 3.63) is 52.1 Å². The number of benzene rings is 1. The molecule has 0 spiro atoms. The number of hydrogen-bond donors (Lipinski definition) is 3. The van der Waals surface area contributed by atoms with E-state index in [0.717, 1.165) is 6.08 Å². The van der Waals surface area contributed by atoms with E-state index in [1.807, 2.05) is 0 Å². The van der Waals surface area contributed by atoms with Gasteiger partial charge in [-0.1, -0.05) is 0 Å². The number of phenols is 2. The monoisotopic (exact) mass is 399 g/mol. The highest BCUT2D eigenvalue weighted by Crippen LogP contribution is 2.57. The molecule has 3 N–H and O–H groups in total. The molecule has 1 aromatic carbocycles. The number of aliphatic hydroxyl groups is 1. The standard InChI is InChI=1S/C21H21NO7/c1-9-17(26)14(10(2)23)19-16(18(9)27)21(3)13(29-19)8-12(25)15(20(21)28)11(24)6-7-22(4)5/h6-8,24,26-27H,1-5H3/t21-/m0/s1. The van der Waals surface area contributed by atoms with Gasteiger partial charge in [0.25, 0.3) is 0 Å². The van der Waals surface area contributed by atoms with Crippen LogP contribution in [0.25, 0.3) is 0 Å². The quantitative estimate of drug-likeness (QED) is 0.306. The SMILES string of the molecule is CC(=O)c1c(O)c(C)c(O)c2c1OC1=CC(=O)C(=C(O)C=CN(C)C)C(=O)[C@@]12C. The lowest BCUT2D eigenvalue weighted by Crippen LogP contribution is -2.40. The van der Waals surface area contributed by atoms with Crippen LogP contribution in [0.2, 0.25) is 0 Å². The summed E-state index contributed by atoms with van der Waals surface area (Å²) in [5, 5.41) is 31.3. The Labute approximate surface area is 167 Å². The van der Waals surface area contributed by atoms with E-state index in [-0.39, 0.29) is 28.2 Å². The maximum atomic E-state index is 13.4. The second-order valence-electron chi connectivity index (χ2n) is 7.43. The van der Waals surface area contributed by atoms with E-state index in [0.29, 0.717) is 0 Å². The first kappa shape index (κ1) is 20.2. The smallest absolute Gasteiger partial charge is 0.196 e. The van der Waals surface area contributed by atoms with Gasteiger partial charge in [0, 0.05) is 31.9 Å². The molecule has 0 radical (unpaired) electrons. The van der Waals surface area contributed by atoms with Crippen LogP contribution in [0.1, 0.15) is 35.3 Å². The molecule has 29 heavy (non-hydrogen) atoms. The number of allylic oxidation sites excluding steroid dienone is 4. The van der Waals surface area contributed by atoms with Crippen LogP contribution in [0.3, 0.4) is 0 Å². The molecule has 2 aliphatic rings. The normalized spacial score (nSPS) is 22.2. The zero-order valence-electron chi connectivity index (χ0n) is 16.7. The molecule has 3 rings (SSSR count). The number of phenolic OH excluding ortho intramolecular Hbond substituents is 2. The van der Waals surface area contributed by atoms with Crippen LogP contribution >= 0.6 is 0 Å².